The van der Waals surface area contributed by atoms with E-state index >= 15 is 0 Å². The summed E-state index contributed by atoms with van der Waals surface area (Å²) in [7, 11) is 0. The molecule has 2 aromatic heterocycles. The van der Waals surface area contributed by atoms with E-state index in [1.807, 2.05) is 0 Å². The Hall–Kier alpha value is -2.75. The third kappa shape index (κ3) is 4.02. The number of amides is 3. The van der Waals surface area contributed by atoms with E-state index in [1.54, 1.807) is 20.8 Å². The highest BCUT2D eigenvalue weighted by Gasteiger charge is 2.25. The Morgan fingerprint density at radius 3 is 2.64 bits per heavy atom. The summed E-state index contributed by atoms with van der Waals surface area (Å²) in [4.78, 5) is 54.9. The Balaban J connectivity index is 2.18. The molecule has 9 nitrogen and oxygen atoms in total. The van der Waals surface area contributed by atoms with Gasteiger partial charge in [0.2, 0.25) is 0 Å². The summed E-state index contributed by atoms with van der Waals surface area (Å²) < 4.78 is 5.10. The summed E-state index contributed by atoms with van der Waals surface area (Å²) in [6.45, 7) is 6.66. The lowest BCUT2D eigenvalue weighted by Crippen LogP contribution is -2.44. The number of thiophene rings is 1. The van der Waals surface area contributed by atoms with Gasteiger partial charge < -0.3 is 15.0 Å². The minimum absolute atomic E-state index is 0.191. The van der Waals surface area contributed by atoms with E-state index < -0.39 is 24.0 Å². The molecule has 0 spiro atoms. The number of esters is 1. The quantitative estimate of drug-likeness (QED) is 0.692. The van der Waals surface area contributed by atoms with E-state index in [2.05, 4.69) is 20.6 Å². The van der Waals surface area contributed by atoms with Gasteiger partial charge in [-0.2, -0.15) is 0 Å². The topological polar surface area (TPSA) is 130 Å². The van der Waals surface area contributed by atoms with Gasteiger partial charge in [-0.3, -0.25) is 14.9 Å². The van der Waals surface area contributed by atoms with E-state index in [0.717, 1.165) is 11.3 Å². The van der Waals surface area contributed by atoms with Crippen LogP contribution in [0.15, 0.2) is 4.79 Å². The molecule has 0 bridgehead atoms. The first kappa shape index (κ1) is 18.6. The molecule has 0 fully saturated rings. The van der Waals surface area contributed by atoms with Crippen molar-refractivity contribution < 1.29 is 19.1 Å². The van der Waals surface area contributed by atoms with Crippen LogP contribution in [0, 0.1) is 13.8 Å². The average Bonchev–Trinajstić information content (AvgIpc) is 2.84. The normalized spacial score (nSPS) is 11.8. The van der Waals surface area contributed by atoms with Crippen LogP contribution >= 0.6 is 11.3 Å². The summed E-state index contributed by atoms with van der Waals surface area (Å²) in [6, 6.07) is -0.667. The molecule has 0 unspecified atom stereocenters. The van der Waals surface area contributed by atoms with Crippen molar-refractivity contribution in [2.24, 2.45) is 0 Å². The Morgan fingerprint density at radius 2 is 2.00 bits per heavy atom. The first-order chi connectivity index (χ1) is 11.7. The van der Waals surface area contributed by atoms with Crippen molar-refractivity contribution in [3.05, 3.63) is 26.6 Å². The van der Waals surface area contributed by atoms with Gasteiger partial charge in [-0.25, -0.2) is 14.6 Å². The molecule has 0 radical (unpaired) electrons. The lowest BCUT2D eigenvalue weighted by Gasteiger charge is -2.12. The van der Waals surface area contributed by atoms with Crippen LogP contribution in [0.3, 0.4) is 0 Å². The van der Waals surface area contributed by atoms with Gasteiger partial charge in [0.05, 0.1) is 5.39 Å². The molecule has 1 atom stereocenters. The van der Waals surface area contributed by atoms with Gasteiger partial charge in [0.1, 0.15) is 15.5 Å². The predicted molar refractivity (Wildman–Crippen MR) is 91.8 cm³/mol. The number of aromatic nitrogens is 2. The first-order valence-corrected chi connectivity index (χ1v) is 8.35. The van der Waals surface area contributed by atoms with Gasteiger partial charge in [0, 0.05) is 6.54 Å². The minimum Gasteiger partial charge on any atom is -0.448 e. The third-order valence-corrected chi connectivity index (χ3v) is 4.50. The number of aromatic amines is 1. The van der Waals surface area contributed by atoms with Crippen LogP contribution < -0.4 is 16.2 Å². The number of ether oxygens (including phenoxy) is 1. The Kier molecular flexibility index (Phi) is 5.52. The lowest BCUT2D eigenvalue weighted by atomic mass is 10.2. The Labute approximate surface area is 146 Å². The molecule has 0 aromatic carbocycles. The number of fused-ring (bicyclic) bond motifs is 1. The van der Waals surface area contributed by atoms with Crippen LogP contribution in [0.25, 0.3) is 10.2 Å². The fourth-order valence-corrected chi connectivity index (χ4v) is 3.24. The maximum Gasteiger partial charge on any atom is 0.349 e. The van der Waals surface area contributed by atoms with Crippen LogP contribution in [-0.2, 0) is 9.53 Å². The van der Waals surface area contributed by atoms with Crippen molar-refractivity contribution >= 4 is 39.5 Å². The lowest BCUT2D eigenvalue weighted by molar-refractivity contribution is -0.127. The fourth-order valence-electron chi connectivity index (χ4n) is 2.13. The second-order valence-corrected chi connectivity index (χ2v) is 6.28. The van der Waals surface area contributed by atoms with E-state index in [9.17, 15) is 19.2 Å². The highest BCUT2D eigenvalue weighted by molar-refractivity contribution is 7.20. The molecular weight excluding hydrogens is 348 g/mol. The number of H-pyrrole nitrogens is 1. The highest BCUT2D eigenvalue weighted by Crippen LogP contribution is 2.27. The molecule has 2 aromatic rings. The standard InChI is InChI=1S/C15H18N4O5S/c1-5-16-15(23)19-11(20)7(3)24-14(22)10-6(2)9-12(21)17-8(4)18-13(9)25-10/h7H,5H2,1-4H3,(H,17,18,21)(H2,16,19,20,23)/t7-/m1/s1. The van der Waals surface area contributed by atoms with Crippen LogP contribution in [0.5, 0.6) is 0 Å². The minimum atomic E-state index is -1.17. The molecular formula is C15H18N4O5S. The summed E-state index contributed by atoms with van der Waals surface area (Å²) in [6.07, 6.45) is -1.17. The molecule has 0 aliphatic heterocycles. The largest absolute Gasteiger partial charge is 0.448 e. The zero-order valence-corrected chi connectivity index (χ0v) is 15.0. The number of aryl methyl sites for hydroxylation is 2. The monoisotopic (exact) mass is 366 g/mol. The summed E-state index contributed by atoms with van der Waals surface area (Å²) in [5.74, 6) is -1.06. The SMILES string of the molecule is CCNC(=O)NC(=O)[C@@H](C)OC(=O)c1sc2nc(C)[nH]c(=O)c2c1C. The molecule has 2 heterocycles. The van der Waals surface area contributed by atoms with Crippen LogP contribution in [0.2, 0.25) is 0 Å². The number of urea groups is 1. The number of carbonyl (C=O) groups is 3. The van der Waals surface area contributed by atoms with Gasteiger partial charge in [0.25, 0.3) is 11.5 Å². The molecule has 2 rings (SSSR count). The van der Waals surface area contributed by atoms with Crippen molar-refractivity contribution in [1.82, 2.24) is 20.6 Å². The van der Waals surface area contributed by atoms with Gasteiger partial charge in [-0.05, 0) is 33.3 Å². The van der Waals surface area contributed by atoms with Crippen LogP contribution in [-0.4, -0.2) is 40.5 Å². The Bertz CT molecular complexity index is 901. The summed E-state index contributed by atoms with van der Waals surface area (Å²) in [5.41, 5.74) is 0.104. The molecule has 134 valence electrons. The highest BCUT2D eigenvalue weighted by atomic mass is 32.1. The Morgan fingerprint density at radius 1 is 1.32 bits per heavy atom. The number of nitrogens with zero attached hydrogens (tertiary/aromatic N) is 1. The summed E-state index contributed by atoms with van der Waals surface area (Å²) >= 11 is 1.02. The molecule has 0 saturated carbocycles. The first-order valence-electron chi connectivity index (χ1n) is 7.54. The predicted octanol–water partition coefficient (Wildman–Crippen LogP) is 0.992. The van der Waals surface area contributed by atoms with Gasteiger partial charge >= 0.3 is 12.0 Å². The van der Waals surface area contributed by atoms with Crippen molar-refractivity contribution in [3.8, 4) is 0 Å². The molecule has 0 aliphatic carbocycles. The van der Waals surface area contributed by atoms with Crippen molar-refractivity contribution in [2.45, 2.75) is 33.8 Å². The van der Waals surface area contributed by atoms with Crippen molar-refractivity contribution in [1.29, 1.82) is 0 Å². The van der Waals surface area contributed by atoms with Gasteiger partial charge in [0.15, 0.2) is 6.10 Å². The van der Waals surface area contributed by atoms with E-state index in [1.165, 1.54) is 6.92 Å². The fraction of sp³-hybridized carbons (Fsp3) is 0.400. The maximum absolute atomic E-state index is 12.3. The van der Waals surface area contributed by atoms with Crippen molar-refractivity contribution in [2.75, 3.05) is 6.54 Å². The third-order valence-electron chi connectivity index (χ3n) is 3.33. The number of hydrogen-bond donors (Lipinski definition) is 3. The molecule has 25 heavy (non-hydrogen) atoms. The molecule has 3 N–H and O–H groups in total. The zero-order chi connectivity index (χ0) is 18.7. The molecule has 0 saturated heterocycles. The zero-order valence-electron chi connectivity index (χ0n) is 14.2. The smallest absolute Gasteiger partial charge is 0.349 e. The number of carbonyl (C=O) groups excluding carboxylic acids is 3. The maximum atomic E-state index is 12.3. The number of imide groups is 1. The number of nitrogens with one attached hydrogen (secondary N) is 3. The van der Waals surface area contributed by atoms with Crippen LogP contribution in [0.1, 0.15) is 34.9 Å². The van der Waals surface area contributed by atoms with Crippen molar-refractivity contribution in [3.63, 3.8) is 0 Å². The second-order valence-electron chi connectivity index (χ2n) is 5.28. The second kappa shape index (κ2) is 7.43. The average molecular weight is 366 g/mol. The van der Waals surface area contributed by atoms with E-state index in [4.69, 9.17) is 4.74 Å². The van der Waals surface area contributed by atoms with Gasteiger partial charge in [-0.15, -0.1) is 11.3 Å². The number of hydrogen-bond acceptors (Lipinski definition) is 7. The number of rotatable bonds is 4. The van der Waals surface area contributed by atoms with E-state index in [0.29, 0.717) is 28.1 Å². The molecule has 0 aliphatic rings. The van der Waals surface area contributed by atoms with Crippen LogP contribution in [0.4, 0.5) is 4.79 Å². The van der Waals surface area contributed by atoms with E-state index in [-0.39, 0.29) is 10.4 Å². The molecule has 3 amide bonds. The molecule has 10 heteroatoms. The van der Waals surface area contributed by atoms with Gasteiger partial charge in [-0.1, -0.05) is 0 Å². The summed E-state index contributed by atoms with van der Waals surface area (Å²) in [5, 5.41) is 4.79.